The van der Waals surface area contributed by atoms with Gasteiger partial charge in [-0.15, -0.1) is 10.2 Å². The van der Waals surface area contributed by atoms with E-state index in [1.54, 1.807) is 0 Å². The lowest BCUT2D eigenvalue weighted by Crippen LogP contribution is -2.42. The number of aromatic nitrogens is 3. The average Bonchev–Trinajstić information content (AvgIpc) is 3.09. The summed E-state index contributed by atoms with van der Waals surface area (Å²) in [4.78, 5) is 5.75. The predicted octanol–water partition coefficient (Wildman–Crippen LogP) is 3.83. The van der Waals surface area contributed by atoms with E-state index < -0.39 is 0 Å². The van der Waals surface area contributed by atoms with Gasteiger partial charge in [-0.3, -0.25) is 0 Å². The third-order valence-electron chi connectivity index (χ3n) is 5.14. The first kappa shape index (κ1) is 16.1. The van der Waals surface area contributed by atoms with Crippen molar-refractivity contribution in [2.75, 3.05) is 25.0 Å². The third-order valence-corrected chi connectivity index (χ3v) is 5.14. The lowest BCUT2D eigenvalue weighted by molar-refractivity contribution is 0.226. The van der Waals surface area contributed by atoms with E-state index in [2.05, 4.69) is 63.5 Å². The number of likely N-dealkylation sites (tertiary alicyclic amines) is 1. The average molecular weight is 335 g/mol. The quantitative estimate of drug-likeness (QED) is 0.761. The number of aromatic amines is 1. The number of nitrogens with zero attached hydrogens (tertiary/aromatic N) is 3. The fraction of sp³-hybridized carbons (Fsp3) is 0.400. The molecule has 2 N–H and O–H groups in total. The largest absolute Gasteiger partial charge is 0.365 e. The maximum absolute atomic E-state index is 4.47. The molecule has 3 aromatic rings. The fourth-order valence-corrected chi connectivity index (χ4v) is 3.71. The Hall–Kier alpha value is -2.40. The second-order valence-corrected chi connectivity index (χ2v) is 6.91. The molecule has 1 aliphatic heterocycles. The van der Waals surface area contributed by atoms with Crippen LogP contribution in [0.3, 0.4) is 0 Å². The number of hydrogen-bond acceptors (Lipinski definition) is 4. The van der Waals surface area contributed by atoms with Gasteiger partial charge in [-0.25, -0.2) is 0 Å². The zero-order valence-electron chi connectivity index (χ0n) is 14.9. The van der Waals surface area contributed by atoms with Crippen molar-refractivity contribution in [2.24, 2.45) is 0 Å². The highest BCUT2D eigenvalue weighted by molar-refractivity contribution is 5.86. The molecule has 0 bridgehead atoms. The predicted molar refractivity (Wildman–Crippen MR) is 103 cm³/mol. The Kier molecular flexibility index (Phi) is 4.40. The van der Waals surface area contributed by atoms with Gasteiger partial charge in [0, 0.05) is 29.9 Å². The highest BCUT2D eigenvalue weighted by Gasteiger charge is 2.19. The number of H-pyrrole nitrogens is 1. The molecule has 0 unspecified atom stereocenters. The van der Waals surface area contributed by atoms with Gasteiger partial charge in [0.05, 0.1) is 5.69 Å². The zero-order chi connectivity index (χ0) is 17.2. The van der Waals surface area contributed by atoms with Gasteiger partial charge < -0.3 is 15.2 Å². The van der Waals surface area contributed by atoms with Crippen LogP contribution in [0, 0.1) is 6.92 Å². The summed E-state index contributed by atoms with van der Waals surface area (Å²) in [5.41, 5.74) is 4.39. The SMILES string of the molecule is CCN1CCC[C@@H](Nc2ccc(-c3cc4[nH]ccc4cc3C)nn2)C1. The highest BCUT2D eigenvalue weighted by atomic mass is 15.2. The number of piperidine rings is 1. The topological polar surface area (TPSA) is 56.8 Å². The van der Waals surface area contributed by atoms with Gasteiger partial charge >= 0.3 is 0 Å². The second-order valence-electron chi connectivity index (χ2n) is 6.91. The zero-order valence-corrected chi connectivity index (χ0v) is 14.9. The summed E-state index contributed by atoms with van der Waals surface area (Å²) in [6, 6.07) is 11.0. The second kappa shape index (κ2) is 6.84. The number of benzene rings is 1. The molecule has 0 amide bonds. The molecule has 5 heteroatoms. The van der Waals surface area contributed by atoms with Crippen molar-refractivity contribution in [3.8, 4) is 11.3 Å². The molecule has 2 aromatic heterocycles. The number of hydrogen-bond donors (Lipinski definition) is 2. The lowest BCUT2D eigenvalue weighted by Gasteiger charge is -2.32. The van der Waals surface area contributed by atoms with Crippen molar-refractivity contribution in [3.63, 3.8) is 0 Å². The minimum absolute atomic E-state index is 0.464. The molecule has 1 fully saturated rings. The van der Waals surface area contributed by atoms with Crippen LogP contribution in [0.15, 0.2) is 36.5 Å². The highest BCUT2D eigenvalue weighted by Crippen LogP contribution is 2.26. The van der Waals surface area contributed by atoms with Gasteiger partial charge in [-0.05, 0) is 74.1 Å². The lowest BCUT2D eigenvalue weighted by atomic mass is 10.0. The Morgan fingerprint density at radius 1 is 1.24 bits per heavy atom. The van der Waals surface area contributed by atoms with Crippen molar-refractivity contribution in [2.45, 2.75) is 32.7 Å². The minimum Gasteiger partial charge on any atom is -0.365 e. The number of rotatable bonds is 4. The van der Waals surface area contributed by atoms with Crippen LogP contribution in [0.25, 0.3) is 22.2 Å². The molecule has 1 aliphatic rings. The first-order chi connectivity index (χ1) is 12.2. The van der Waals surface area contributed by atoms with E-state index >= 15 is 0 Å². The normalized spacial score (nSPS) is 18.6. The van der Waals surface area contributed by atoms with Crippen molar-refractivity contribution in [1.29, 1.82) is 0 Å². The van der Waals surface area contributed by atoms with Crippen molar-refractivity contribution < 1.29 is 0 Å². The first-order valence-corrected chi connectivity index (χ1v) is 9.13. The molecule has 0 radical (unpaired) electrons. The van der Waals surface area contributed by atoms with Gasteiger partial charge in [-0.1, -0.05) is 6.92 Å². The molecular weight excluding hydrogens is 310 g/mol. The Bertz CT molecular complexity index is 852. The maximum atomic E-state index is 4.47. The van der Waals surface area contributed by atoms with Crippen LogP contribution in [-0.2, 0) is 0 Å². The molecule has 0 aliphatic carbocycles. The monoisotopic (exact) mass is 335 g/mol. The Labute approximate surface area is 148 Å². The van der Waals surface area contributed by atoms with Crippen molar-refractivity contribution in [1.82, 2.24) is 20.1 Å². The summed E-state index contributed by atoms with van der Waals surface area (Å²) < 4.78 is 0. The van der Waals surface area contributed by atoms with Crippen LogP contribution in [0.1, 0.15) is 25.3 Å². The van der Waals surface area contributed by atoms with Crippen molar-refractivity contribution >= 4 is 16.7 Å². The van der Waals surface area contributed by atoms with E-state index in [0.29, 0.717) is 6.04 Å². The van der Waals surface area contributed by atoms with Gasteiger partial charge in [0.2, 0.25) is 0 Å². The Morgan fingerprint density at radius 3 is 2.96 bits per heavy atom. The Balaban J connectivity index is 1.52. The molecule has 3 heterocycles. The van der Waals surface area contributed by atoms with E-state index in [9.17, 15) is 0 Å². The molecule has 25 heavy (non-hydrogen) atoms. The number of likely N-dealkylation sites (N-methyl/N-ethyl adjacent to an activating group) is 1. The van der Waals surface area contributed by atoms with Crippen LogP contribution in [-0.4, -0.2) is 45.8 Å². The van der Waals surface area contributed by atoms with Crippen LogP contribution in [0.2, 0.25) is 0 Å². The van der Waals surface area contributed by atoms with Crippen molar-refractivity contribution in [3.05, 3.63) is 42.1 Å². The summed E-state index contributed by atoms with van der Waals surface area (Å²) >= 11 is 0. The van der Waals surface area contributed by atoms with Gasteiger partial charge in [0.25, 0.3) is 0 Å². The third kappa shape index (κ3) is 3.37. The van der Waals surface area contributed by atoms with Crippen LogP contribution in [0.4, 0.5) is 5.82 Å². The molecule has 1 aromatic carbocycles. The molecule has 4 rings (SSSR count). The summed E-state index contributed by atoms with van der Waals surface area (Å²) in [6.45, 7) is 7.75. The Morgan fingerprint density at radius 2 is 2.16 bits per heavy atom. The van der Waals surface area contributed by atoms with E-state index in [4.69, 9.17) is 0 Å². The van der Waals surface area contributed by atoms with E-state index in [1.165, 1.54) is 30.3 Å². The smallest absolute Gasteiger partial charge is 0.148 e. The molecule has 1 saturated heterocycles. The maximum Gasteiger partial charge on any atom is 0.148 e. The molecule has 0 saturated carbocycles. The van der Waals surface area contributed by atoms with E-state index in [0.717, 1.165) is 35.7 Å². The number of anilines is 1. The first-order valence-electron chi connectivity index (χ1n) is 9.13. The summed E-state index contributed by atoms with van der Waals surface area (Å²) in [6.07, 6.45) is 4.41. The van der Waals surface area contributed by atoms with E-state index in [-0.39, 0.29) is 0 Å². The van der Waals surface area contributed by atoms with Crippen LogP contribution >= 0.6 is 0 Å². The van der Waals surface area contributed by atoms with Gasteiger partial charge in [-0.2, -0.15) is 0 Å². The summed E-state index contributed by atoms with van der Waals surface area (Å²) in [7, 11) is 0. The molecule has 5 nitrogen and oxygen atoms in total. The number of nitrogens with one attached hydrogen (secondary N) is 2. The van der Waals surface area contributed by atoms with Crippen LogP contribution < -0.4 is 5.32 Å². The van der Waals surface area contributed by atoms with Crippen LogP contribution in [0.5, 0.6) is 0 Å². The fourth-order valence-electron chi connectivity index (χ4n) is 3.71. The molecule has 1 atom stereocenters. The molecule has 130 valence electrons. The standard InChI is InChI=1S/C20H25N5/c1-3-25-10-4-5-16(13-25)22-20-7-6-18(23-24-20)17-12-19-15(8-9-21-19)11-14(17)2/h6-9,11-12,16,21H,3-5,10,13H2,1-2H3,(H,22,24)/t16-/m1/s1. The number of aryl methyl sites for hydroxylation is 1. The number of fused-ring (bicyclic) bond motifs is 1. The molecular formula is C20H25N5. The summed E-state index contributed by atoms with van der Waals surface area (Å²) in [5.74, 6) is 0.866. The minimum atomic E-state index is 0.464. The van der Waals surface area contributed by atoms with Gasteiger partial charge in [0.15, 0.2) is 0 Å². The van der Waals surface area contributed by atoms with Gasteiger partial charge in [0.1, 0.15) is 5.82 Å². The summed E-state index contributed by atoms with van der Waals surface area (Å²) in [5, 5.41) is 13.7. The van der Waals surface area contributed by atoms with E-state index in [1.807, 2.05) is 12.3 Å². The molecule has 0 spiro atoms.